The predicted octanol–water partition coefficient (Wildman–Crippen LogP) is 5.02. The third kappa shape index (κ3) is 3.01. The van der Waals surface area contributed by atoms with E-state index in [1.807, 2.05) is 11.3 Å². The first-order valence-electron chi connectivity index (χ1n) is 5.50. The lowest BCUT2D eigenvalue weighted by atomic mass is 9.81. The smallest absolute Gasteiger partial charge is 0.0195 e. The quantitative estimate of drug-likeness (QED) is 0.645. The van der Waals surface area contributed by atoms with E-state index in [1.54, 1.807) is 0 Å². The fourth-order valence-electron chi connectivity index (χ4n) is 1.92. The highest BCUT2D eigenvalue weighted by Gasteiger charge is 2.30. The molecule has 1 heterocycles. The molecule has 0 aliphatic heterocycles. The van der Waals surface area contributed by atoms with Gasteiger partial charge >= 0.3 is 0 Å². The van der Waals surface area contributed by atoms with E-state index < -0.39 is 0 Å². The number of alkyl halides is 2. The summed E-state index contributed by atoms with van der Waals surface area (Å²) in [4.78, 5) is 1.44. The van der Waals surface area contributed by atoms with Crippen LogP contribution in [0.4, 0.5) is 0 Å². The van der Waals surface area contributed by atoms with Gasteiger partial charge in [0.2, 0.25) is 0 Å². The third-order valence-electron chi connectivity index (χ3n) is 2.99. The molecule has 0 atom stereocenters. The second-order valence-electron chi connectivity index (χ2n) is 4.17. The molecule has 0 N–H and O–H groups in total. The standard InChI is InChI=1S/C14H14Br2S/c15-10-14(11-16,9-13-7-4-8-17-13)12-5-2-1-3-6-12/h1-8H,9-11H2. The van der Waals surface area contributed by atoms with Gasteiger partial charge in [0.25, 0.3) is 0 Å². The van der Waals surface area contributed by atoms with E-state index in [1.165, 1.54) is 10.4 Å². The van der Waals surface area contributed by atoms with E-state index >= 15 is 0 Å². The first kappa shape index (κ1) is 13.3. The van der Waals surface area contributed by atoms with Gasteiger partial charge in [-0.2, -0.15) is 0 Å². The molecule has 1 aromatic carbocycles. The van der Waals surface area contributed by atoms with E-state index in [0.29, 0.717) is 0 Å². The molecule has 0 radical (unpaired) electrons. The van der Waals surface area contributed by atoms with Crippen molar-refractivity contribution in [2.45, 2.75) is 11.8 Å². The van der Waals surface area contributed by atoms with Crippen LogP contribution in [0, 0.1) is 0 Å². The molecule has 2 aromatic rings. The second-order valence-corrected chi connectivity index (χ2v) is 6.32. The average molecular weight is 374 g/mol. The van der Waals surface area contributed by atoms with Crippen LogP contribution in [0.25, 0.3) is 0 Å². The average Bonchev–Trinajstić information content (AvgIpc) is 2.90. The summed E-state index contributed by atoms with van der Waals surface area (Å²) in [6, 6.07) is 15.1. The zero-order chi connectivity index (χ0) is 12.1. The summed E-state index contributed by atoms with van der Waals surface area (Å²) in [6.07, 6.45) is 1.07. The van der Waals surface area contributed by atoms with E-state index in [-0.39, 0.29) is 5.41 Å². The topological polar surface area (TPSA) is 0 Å². The Kier molecular flexibility index (Phi) is 4.83. The lowest BCUT2D eigenvalue weighted by Crippen LogP contribution is -2.32. The van der Waals surface area contributed by atoms with Gasteiger partial charge in [-0.3, -0.25) is 0 Å². The van der Waals surface area contributed by atoms with Crippen LogP contribution in [0.15, 0.2) is 47.8 Å². The van der Waals surface area contributed by atoms with Crippen LogP contribution < -0.4 is 0 Å². The molecule has 1 aromatic heterocycles. The molecule has 0 aliphatic rings. The van der Waals surface area contributed by atoms with Crippen molar-refractivity contribution in [1.29, 1.82) is 0 Å². The summed E-state index contributed by atoms with van der Waals surface area (Å²) in [5.74, 6) is 0. The SMILES string of the molecule is BrCC(CBr)(Cc1cccs1)c1ccccc1. The minimum absolute atomic E-state index is 0.145. The number of rotatable bonds is 5. The van der Waals surface area contributed by atoms with Crippen molar-refractivity contribution < 1.29 is 0 Å². The molecule has 2 rings (SSSR count). The Morgan fingerprint density at radius 1 is 0.941 bits per heavy atom. The second kappa shape index (κ2) is 6.17. The summed E-state index contributed by atoms with van der Waals surface area (Å²) in [7, 11) is 0. The van der Waals surface area contributed by atoms with Crippen LogP contribution >= 0.6 is 43.2 Å². The van der Waals surface area contributed by atoms with Crippen molar-refractivity contribution in [1.82, 2.24) is 0 Å². The Morgan fingerprint density at radius 3 is 2.18 bits per heavy atom. The van der Waals surface area contributed by atoms with Crippen molar-refractivity contribution in [2.75, 3.05) is 10.7 Å². The maximum absolute atomic E-state index is 3.69. The fraction of sp³-hybridized carbons (Fsp3) is 0.286. The lowest BCUT2D eigenvalue weighted by molar-refractivity contribution is 0.556. The van der Waals surface area contributed by atoms with Crippen molar-refractivity contribution in [3.05, 3.63) is 58.3 Å². The summed E-state index contributed by atoms with van der Waals surface area (Å²) in [5, 5.41) is 4.08. The Bertz CT molecular complexity index is 433. The van der Waals surface area contributed by atoms with Crippen LogP contribution in [0.1, 0.15) is 10.4 Å². The van der Waals surface area contributed by atoms with Gasteiger partial charge in [-0.05, 0) is 23.4 Å². The molecule has 0 bridgehead atoms. The lowest BCUT2D eigenvalue weighted by Gasteiger charge is -2.30. The first-order chi connectivity index (χ1) is 8.30. The van der Waals surface area contributed by atoms with Gasteiger partial charge in [0.05, 0.1) is 0 Å². The number of halogens is 2. The molecular weight excluding hydrogens is 360 g/mol. The third-order valence-corrected chi connectivity index (χ3v) is 6.01. The maximum atomic E-state index is 3.69. The molecule has 0 unspecified atom stereocenters. The van der Waals surface area contributed by atoms with Gasteiger partial charge in [0, 0.05) is 21.0 Å². The van der Waals surface area contributed by atoms with Gasteiger partial charge in [-0.1, -0.05) is 68.3 Å². The van der Waals surface area contributed by atoms with E-state index in [0.717, 1.165) is 17.1 Å². The monoisotopic (exact) mass is 372 g/mol. The minimum Gasteiger partial charge on any atom is -0.149 e. The molecule has 0 spiro atoms. The predicted molar refractivity (Wildman–Crippen MR) is 83.7 cm³/mol. The summed E-state index contributed by atoms with van der Waals surface area (Å²) < 4.78 is 0. The molecule has 0 aliphatic carbocycles. The molecule has 0 saturated carbocycles. The van der Waals surface area contributed by atoms with Gasteiger partial charge in [0.15, 0.2) is 0 Å². The summed E-state index contributed by atoms with van der Waals surface area (Å²) >= 11 is 9.21. The number of hydrogen-bond donors (Lipinski definition) is 0. The molecule has 0 amide bonds. The molecule has 3 heteroatoms. The van der Waals surface area contributed by atoms with Crippen molar-refractivity contribution >= 4 is 43.2 Å². The molecular formula is C14H14Br2S. The van der Waals surface area contributed by atoms with Gasteiger partial charge in [-0.25, -0.2) is 0 Å². The number of benzene rings is 1. The van der Waals surface area contributed by atoms with Gasteiger partial charge in [-0.15, -0.1) is 11.3 Å². The molecule has 0 nitrogen and oxygen atoms in total. The van der Waals surface area contributed by atoms with Crippen molar-refractivity contribution in [3.63, 3.8) is 0 Å². The Hall–Kier alpha value is -0.120. The molecule has 0 saturated heterocycles. The largest absolute Gasteiger partial charge is 0.149 e. The molecule has 90 valence electrons. The highest BCUT2D eigenvalue weighted by Crippen LogP contribution is 2.33. The van der Waals surface area contributed by atoms with E-state index in [9.17, 15) is 0 Å². The van der Waals surface area contributed by atoms with Crippen LogP contribution in [-0.2, 0) is 11.8 Å². The normalized spacial score (nSPS) is 11.6. The van der Waals surface area contributed by atoms with E-state index in [2.05, 4.69) is 79.7 Å². The highest BCUT2D eigenvalue weighted by atomic mass is 79.9. The van der Waals surface area contributed by atoms with Gasteiger partial charge in [0.1, 0.15) is 0 Å². The Balaban J connectivity index is 2.32. The Labute approximate surface area is 123 Å². The fourth-order valence-corrected chi connectivity index (χ4v) is 4.75. The van der Waals surface area contributed by atoms with Crippen LogP contribution in [-0.4, -0.2) is 10.7 Å². The summed E-state index contributed by atoms with van der Waals surface area (Å²) in [5.41, 5.74) is 1.54. The zero-order valence-electron chi connectivity index (χ0n) is 9.40. The van der Waals surface area contributed by atoms with Crippen LogP contribution in [0.2, 0.25) is 0 Å². The van der Waals surface area contributed by atoms with Crippen molar-refractivity contribution in [3.8, 4) is 0 Å². The highest BCUT2D eigenvalue weighted by molar-refractivity contribution is 9.09. The van der Waals surface area contributed by atoms with Gasteiger partial charge < -0.3 is 0 Å². The first-order valence-corrected chi connectivity index (χ1v) is 8.63. The summed E-state index contributed by atoms with van der Waals surface area (Å²) in [6.45, 7) is 0. The van der Waals surface area contributed by atoms with Crippen LogP contribution in [0.5, 0.6) is 0 Å². The minimum atomic E-state index is 0.145. The Morgan fingerprint density at radius 2 is 1.65 bits per heavy atom. The van der Waals surface area contributed by atoms with Crippen molar-refractivity contribution in [2.24, 2.45) is 0 Å². The number of thiophene rings is 1. The zero-order valence-corrected chi connectivity index (χ0v) is 13.4. The molecule has 0 fully saturated rings. The number of hydrogen-bond acceptors (Lipinski definition) is 1. The van der Waals surface area contributed by atoms with E-state index in [4.69, 9.17) is 0 Å². The molecule has 17 heavy (non-hydrogen) atoms. The maximum Gasteiger partial charge on any atom is 0.0195 e. The van der Waals surface area contributed by atoms with Crippen LogP contribution in [0.3, 0.4) is 0 Å².